The maximum Gasteiger partial charge on any atom is 0.308 e. The van der Waals surface area contributed by atoms with Gasteiger partial charge in [0, 0.05) is 55.6 Å². The zero-order chi connectivity index (χ0) is 28.0. The Morgan fingerprint density at radius 1 is 1.23 bits per heavy atom. The first-order chi connectivity index (χ1) is 19.3. The van der Waals surface area contributed by atoms with Crippen LogP contribution in [-0.4, -0.2) is 65.1 Å². The molecular formula is C33H46N2O5. The average molecular weight is 551 g/mol. The van der Waals surface area contributed by atoms with E-state index in [9.17, 15) is 14.7 Å². The number of amides is 1. The van der Waals surface area contributed by atoms with Gasteiger partial charge in [-0.1, -0.05) is 51.0 Å². The molecule has 1 amide bonds. The molecule has 5 atom stereocenters. The quantitative estimate of drug-likeness (QED) is 0.189. The maximum absolute atomic E-state index is 13.5. The van der Waals surface area contributed by atoms with Gasteiger partial charge in [0.25, 0.3) is 0 Å². The Bertz CT molecular complexity index is 1160. The lowest BCUT2D eigenvalue weighted by atomic mass is 9.51. The lowest BCUT2D eigenvalue weighted by Gasteiger charge is -2.60. The molecule has 1 saturated heterocycles. The lowest BCUT2D eigenvalue weighted by Crippen LogP contribution is -2.68. The third-order valence-corrected chi connectivity index (χ3v) is 11.0. The van der Waals surface area contributed by atoms with E-state index < -0.39 is 5.97 Å². The van der Waals surface area contributed by atoms with Crippen molar-refractivity contribution in [1.29, 1.82) is 0 Å². The fraction of sp³-hybridized carbons (Fsp3) is 0.697. The van der Waals surface area contributed by atoms with E-state index in [-0.39, 0.29) is 35.3 Å². The summed E-state index contributed by atoms with van der Waals surface area (Å²) in [6.07, 6.45) is 16.0. The normalized spacial score (nSPS) is 30.8. The van der Waals surface area contributed by atoms with Crippen molar-refractivity contribution >= 4 is 11.9 Å². The minimum Gasteiger partial charge on any atom is -0.508 e. The molecule has 2 heterocycles. The molecule has 7 nitrogen and oxygen atoms in total. The number of carbonyl (C=O) groups excluding carboxylic acids is 2. The van der Waals surface area contributed by atoms with E-state index in [2.05, 4.69) is 11.5 Å². The van der Waals surface area contributed by atoms with Gasteiger partial charge in [-0.3, -0.25) is 14.5 Å². The molecule has 2 aliphatic heterocycles. The van der Waals surface area contributed by atoms with Gasteiger partial charge in [-0.25, -0.2) is 0 Å². The number of nitrogens with zero attached hydrogens (tertiary/aromatic N) is 2. The van der Waals surface area contributed by atoms with Crippen molar-refractivity contribution in [3.05, 3.63) is 29.8 Å². The molecule has 218 valence electrons. The summed E-state index contributed by atoms with van der Waals surface area (Å²) in [5.74, 6) is 2.04. The molecule has 5 aliphatic rings. The van der Waals surface area contributed by atoms with Crippen molar-refractivity contribution in [3.63, 3.8) is 0 Å². The van der Waals surface area contributed by atoms with Crippen LogP contribution in [0.2, 0.25) is 0 Å². The molecule has 0 unspecified atom stereocenters. The predicted molar refractivity (Wildman–Crippen MR) is 154 cm³/mol. The molecule has 3 aliphatic carbocycles. The Kier molecular flexibility index (Phi) is 7.62. The van der Waals surface area contributed by atoms with Gasteiger partial charge >= 0.3 is 5.97 Å². The Labute approximate surface area is 238 Å². The Morgan fingerprint density at radius 3 is 2.77 bits per heavy atom. The number of likely N-dealkylation sites (tertiary alicyclic amines) is 1. The number of rotatable bonds is 9. The average Bonchev–Trinajstić information content (AvgIpc) is 3.28. The highest BCUT2D eigenvalue weighted by molar-refractivity contribution is 5.77. The van der Waals surface area contributed by atoms with Gasteiger partial charge in [0.2, 0.25) is 5.91 Å². The lowest BCUT2D eigenvalue weighted by molar-refractivity contribution is -0.140. The molecule has 40 heavy (non-hydrogen) atoms. The van der Waals surface area contributed by atoms with Gasteiger partial charge in [0.15, 0.2) is 11.5 Å². The molecule has 2 bridgehead atoms. The second-order valence-electron chi connectivity index (χ2n) is 13.1. The molecule has 1 aromatic carbocycles. The first-order valence-corrected chi connectivity index (χ1v) is 15.7. The van der Waals surface area contributed by atoms with Crippen molar-refractivity contribution in [2.75, 3.05) is 20.1 Å². The Balaban J connectivity index is 1.26. The van der Waals surface area contributed by atoms with Crippen LogP contribution in [0.1, 0.15) is 95.1 Å². The number of hydrogen-bond acceptors (Lipinski definition) is 6. The van der Waals surface area contributed by atoms with Crippen molar-refractivity contribution in [2.45, 2.75) is 114 Å². The summed E-state index contributed by atoms with van der Waals surface area (Å²) in [6.45, 7) is 7.10. The van der Waals surface area contributed by atoms with Crippen molar-refractivity contribution in [1.82, 2.24) is 9.80 Å². The second-order valence-corrected chi connectivity index (χ2v) is 13.1. The number of benzene rings is 1. The third kappa shape index (κ3) is 4.53. The Morgan fingerprint density at radius 2 is 2.02 bits per heavy atom. The summed E-state index contributed by atoms with van der Waals surface area (Å²) < 4.78 is 12.4. The summed E-state index contributed by atoms with van der Waals surface area (Å²) in [6, 6.07) is 1.77. The summed E-state index contributed by atoms with van der Waals surface area (Å²) in [5.41, 5.74) is 1.64. The van der Waals surface area contributed by atoms with Crippen LogP contribution in [0, 0.1) is 11.8 Å². The summed E-state index contributed by atoms with van der Waals surface area (Å²) >= 11 is 0. The molecule has 0 radical (unpaired) electrons. The number of phenolic OH excluding ortho intramolecular Hbond substituents is 1. The van der Waals surface area contributed by atoms with E-state index in [0.29, 0.717) is 23.8 Å². The minimum absolute atomic E-state index is 0.0561. The number of aromatic hydroxyl groups is 1. The monoisotopic (exact) mass is 550 g/mol. The number of ether oxygens (including phenoxy) is 2. The number of hydrogen-bond donors (Lipinski definition) is 1. The van der Waals surface area contributed by atoms with Gasteiger partial charge in [0.1, 0.15) is 11.9 Å². The zero-order valence-corrected chi connectivity index (χ0v) is 24.3. The van der Waals surface area contributed by atoms with E-state index in [1.807, 2.05) is 18.0 Å². The largest absolute Gasteiger partial charge is 0.508 e. The van der Waals surface area contributed by atoms with Crippen LogP contribution in [0.4, 0.5) is 0 Å². The molecule has 1 N–H and O–H groups in total. The summed E-state index contributed by atoms with van der Waals surface area (Å²) in [5, 5.41) is 11.2. The zero-order valence-electron chi connectivity index (χ0n) is 24.3. The van der Waals surface area contributed by atoms with E-state index in [1.165, 1.54) is 45.4 Å². The van der Waals surface area contributed by atoms with Crippen molar-refractivity contribution in [2.24, 2.45) is 11.8 Å². The van der Waals surface area contributed by atoms with Crippen LogP contribution in [0.25, 0.3) is 0 Å². The third-order valence-electron chi connectivity index (χ3n) is 11.0. The van der Waals surface area contributed by atoms with Gasteiger partial charge < -0.3 is 19.5 Å². The van der Waals surface area contributed by atoms with Crippen molar-refractivity contribution < 1.29 is 24.2 Å². The number of piperidine rings is 1. The Hall–Kier alpha value is -2.54. The van der Waals surface area contributed by atoms with Gasteiger partial charge in [0.05, 0.1) is 6.04 Å². The smallest absolute Gasteiger partial charge is 0.308 e. The minimum atomic E-state index is -0.435. The van der Waals surface area contributed by atoms with Crippen LogP contribution in [0.15, 0.2) is 18.7 Å². The molecule has 2 saturated carbocycles. The second kappa shape index (κ2) is 11.0. The van der Waals surface area contributed by atoms with Crippen LogP contribution in [0.3, 0.4) is 0 Å². The fourth-order valence-electron chi connectivity index (χ4n) is 9.22. The van der Waals surface area contributed by atoms with Gasteiger partial charge in [-0.05, 0) is 50.5 Å². The maximum atomic E-state index is 13.5. The predicted octanol–water partition coefficient (Wildman–Crippen LogP) is 5.51. The molecule has 0 aromatic heterocycles. The SMILES string of the molecule is C=CCN1CC[C@]23c4c5c(O)cc(OC(C)=O)c4O[C@H]2[C@@H](N(C)C(=O)CCCCC2CCCCC2)CC[C@H]3[C@H]1C5. The summed E-state index contributed by atoms with van der Waals surface area (Å²) in [4.78, 5) is 30.0. The van der Waals surface area contributed by atoms with Crippen LogP contribution >= 0.6 is 0 Å². The standard InChI is InChI=1S/C33H46N2O5/c1-4-17-35-18-16-33-24-14-15-25(34(3)29(38)13-9-8-12-22-10-6-5-7-11-22)32(33)40-31-28(39-21(2)36)20-27(37)23(30(31)33)19-26(24)35/h4,20,22,24-26,32,37H,1,5-19H2,2-3H3/t24-,25-,26+,32-,33-/m0/s1. The molecule has 7 heteroatoms. The first-order valence-electron chi connectivity index (χ1n) is 15.7. The molecule has 1 spiro atoms. The number of carbonyl (C=O) groups is 2. The fourth-order valence-corrected chi connectivity index (χ4v) is 9.22. The number of phenols is 1. The molecule has 1 aromatic rings. The molecular weight excluding hydrogens is 504 g/mol. The number of unbranched alkanes of at least 4 members (excludes halogenated alkanes) is 1. The highest BCUT2D eigenvalue weighted by Gasteiger charge is 2.67. The summed E-state index contributed by atoms with van der Waals surface area (Å²) in [7, 11) is 1.95. The van der Waals surface area contributed by atoms with Gasteiger partial charge in [-0.2, -0.15) is 0 Å². The first kappa shape index (κ1) is 27.6. The molecule has 3 fully saturated rings. The van der Waals surface area contributed by atoms with E-state index >= 15 is 0 Å². The topological polar surface area (TPSA) is 79.3 Å². The van der Waals surface area contributed by atoms with E-state index in [0.717, 1.165) is 68.7 Å². The van der Waals surface area contributed by atoms with Crippen LogP contribution in [-0.2, 0) is 21.4 Å². The van der Waals surface area contributed by atoms with Gasteiger partial charge in [-0.15, -0.1) is 6.58 Å². The number of likely N-dealkylation sites (N-methyl/N-ethyl adjacent to an activating group) is 1. The van der Waals surface area contributed by atoms with E-state index in [4.69, 9.17) is 9.47 Å². The van der Waals surface area contributed by atoms with Crippen molar-refractivity contribution in [3.8, 4) is 17.2 Å². The van der Waals surface area contributed by atoms with Crippen LogP contribution < -0.4 is 9.47 Å². The highest BCUT2D eigenvalue weighted by atomic mass is 16.6. The van der Waals surface area contributed by atoms with E-state index in [1.54, 1.807) is 6.07 Å². The highest BCUT2D eigenvalue weighted by Crippen LogP contribution is 2.65. The van der Waals surface area contributed by atoms with Crippen LogP contribution in [0.5, 0.6) is 17.2 Å². The molecule has 6 rings (SSSR count). The number of esters is 1.